The Morgan fingerprint density at radius 3 is 2.71 bits per heavy atom. The highest BCUT2D eigenvalue weighted by atomic mass is 35.5. The number of methoxy groups -OCH3 is 2. The minimum Gasteiger partial charge on any atom is -0.493 e. The molecule has 0 saturated heterocycles. The van der Waals surface area contributed by atoms with Gasteiger partial charge in [-0.1, -0.05) is 17.7 Å². The number of aromatic nitrogens is 2. The maximum atomic E-state index is 6.34. The molecule has 0 unspecified atom stereocenters. The van der Waals surface area contributed by atoms with Crippen LogP contribution in [0.1, 0.15) is 11.4 Å². The fourth-order valence-electron chi connectivity index (χ4n) is 2.13. The summed E-state index contributed by atoms with van der Waals surface area (Å²) in [5.41, 5.74) is 0.981. The molecule has 114 valence electrons. The summed E-state index contributed by atoms with van der Waals surface area (Å²) in [6.45, 7) is 1.50. The van der Waals surface area contributed by atoms with Crippen molar-refractivity contribution in [3.63, 3.8) is 0 Å². The maximum absolute atomic E-state index is 6.34. The number of benzene rings is 1. The summed E-state index contributed by atoms with van der Waals surface area (Å²) >= 11 is 6.34. The smallest absolute Gasteiger partial charge is 0.179 e. The molecular formula is C15H20ClN3O2. The van der Waals surface area contributed by atoms with Gasteiger partial charge in [-0.15, -0.1) is 0 Å². The Morgan fingerprint density at radius 1 is 1.29 bits per heavy atom. The molecule has 0 spiro atoms. The zero-order chi connectivity index (χ0) is 15.2. The summed E-state index contributed by atoms with van der Waals surface area (Å²) in [7, 11) is 5.18. The molecule has 6 heteroatoms. The van der Waals surface area contributed by atoms with Gasteiger partial charge in [-0.25, -0.2) is 4.98 Å². The molecule has 1 aromatic carbocycles. The lowest BCUT2D eigenvalue weighted by Crippen LogP contribution is -2.18. The number of nitrogens with one attached hydrogen (secondary N) is 1. The highest BCUT2D eigenvalue weighted by molar-refractivity contribution is 6.33. The van der Waals surface area contributed by atoms with Crippen LogP contribution in [0.25, 0.3) is 0 Å². The summed E-state index contributed by atoms with van der Waals surface area (Å²) in [5, 5.41) is 3.95. The molecule has 2 aromatic rings. The maximum Gasteiger partial charge on any atom is 0.179 e. The van der Waals surface area contributed by atoms with Crippen LogP contribution in [0, 0.1) is 0 Å². The summed E-state index contributed by atoms with van der Waals surface area (Å²) in [5.74, 6) is 2.27. The van der Waals surface area contributed by atoms with Crippen LogP contribution in [0.2, 0.25) is 5.02 Å². The largest absolute Gasteiger partial charge is 0.493 e. The Kier molecular flexibility index (Phi) is 5.47. The van der Waals surface area contributed by atoms with Gasteiger partial charge in [-0.05, 0) is 11.6 Å². The highest BCUT2D eigenvalue weighted by Gasteiger charge is 2.12. The fraction of sp³-hybridized carbons (Fsp3) is 0.400. The molecular weight excluding hydrogens is 290 g/mol. The molecule has 0 aliphatic heterocycles. The molecule has 1 heterocycles. The van der Waals surface area contributed by atoms with Crippen LogP contribution in [-0.4, -0.2) is 30.3 Å². The lowest BCUT2D eigenvalue weighted by atomic mass is 10.2. The third-order valence-corrected chi connectivity index (χ3v) is 3.74. The van der Waals surface area contributed by atoms with E-state index in [0.717, 1.165) is 24.4 Å². The Morgan fingerprint density at radius 2 is 2.10 bits per heavy atom. The molecule has 0 fully saturated rings. The Hall–Kier alpha value is -1.72. The van der Waals surface area contributed by atoms with E-state index in [2.05, 4.69) is 10.3 Å². The average Bonchev–Trinajstić information content (AvgIpc) is 2.90. The number of hydrogen-bond acceptors (Lipinski definition) is 4. The summed E-state index contributed by atoms with van der Waals surface area (Å²) in [4.78, 5) is 4.29. The number of nitrogens with zero attached hydrogens (tertiary/aromatic N) is 2. The summed E-state index contributed by atoms with van der Waals surface area (Å²) < 4.78 is 12.5. The third kappa shape index (κ3) is 3.68. The molecule has 0 aliphatic carbocycles. The lowest BCUT2D eigenvalue weighted by molar-refractivity contribution is 0.354. The van der Waals surface area contributed by atoms with Gasteiger partial charge in [0.2, 0.25) is 0 Å². The van der Waals surface area contributed by atoms with E-state index < -0.39 is 0 Å². The molecule has 21 heavy (non-hydrogen) atoms. The van der Waals surface area contributed by atoms with Crippen LogP contribution >= 0.6 is 11.6 Å². The minimum atomic E-state index is 0.572. The van der Waals surface area contributed by atoms with E-state index in [1.165, 1.54) is 0 Å². The fourth-order valence-corrected chi connectivity index (χ4v) is 2.43. The van der Waals surface area contributed by atoms with Crippen LogP contribution in [0.3, 0.4) is 0 Å². The Bertz CT molecular complexity index is 599. The van der Waals surface area contributed by atoms with E-state index in [4.69, 9.17) is 21.1 Å². The second-order valence-corrected chi connectivity index (χ2v) is 5.03. The quantitative estimate of drug-likeness (QED) is 0.798. The first-order chi connectivity index (χ1) is 10.2. The predicted molar refractivity (Wildman–Crippen MR) is 83.2 cm³/mol. The zero-order valence-electron chi connectivity index (χ0n) is 12.5. The lowest BCUT2D eigenvalue weighted by Gasteiger charge is -2.13. The monoisotopic (exact) mass is 309 g/mol. The van der Waals surface area contributed by atoms with E-state index >= 15 is 0 Å². The molecule has 0 radical (unpaired) electrons. The second kappa shape index (κ2) is 7.33. The van der Waals surface area contributed by atoms with E-state index in [9.17, 15) is 0 Å². The van der Waals surface area contributed by atoms with Crippen molar-refractivity contribution in [2.45, 2.75) is 13.0 Å². The van der Waals surface area contributed by atoms with Gasteiger partial charge in [-0.2, -0.15) is 0 Å². The van der Waals surface area contributed by atoms with Crippen LogP contribution in [0.4, 0.5) is 0 Å². The minimum absolute atomic E-state index is 0.572. The molecule has 0 aliphatic rings. The number of aryl methyl sites for hydroxylation is 1. The molecule has 0 amide bonds. The first kappa shape index (κ1) is 15.7. The van der Waals surface area contributed by atoms with E-state index in [0.29, 0.717) is 23.1 Å². The molecule has 1 aromatic heterocycles. The van der Waals surface area contributed by atoms with Gasteiger partial charge < -0.3 is 19.4 Å². The van der Waals surface area contributed by atoms with Crippen LogP contribution in [0.15, 0.2) is 24.5 Å². The highest BCUT2D eigenvalue weighted by Crippen LogP contribution is 2.37. The predicted octanol–water partition coefficient (Wildman–Crippen LogP) is 2.42. The Balaban J connectivity index is 1.93. The first-order valence-electron chi connectivity index (χ1n) is 6.73. The van der Waals surface area contributed by atoms with Crippen molar-refractivity contribution >= 4 is 11.6 Å². The third-order valence-electron chi connectivity index (χ3n) is 3.33. The molecule has 0 atom stereocenters. The standard InChI is InChI=1S/C15H20ClN3O2/c1-19-9-8-18-13(19)6-7-17-10-11-4-5-12(20-2)15(21-3)14(11)16/h4-5,8-9,17H,6-7,10H2,1-3H3. The van der Waals surface area contributed by atoms with Gasteiger partial charge >= 0.3 is 0 Å². The van der Waals surface area contributed by atoms with Crippen molar-refractivity contribution in [1.29, 1.82) is 0 Å². The molecule has 0 saturated carbocycles. The molecule has 0 bridgehead atoms. The topological polar surface area (TPSA) is 48.3 Å². The van der Waals surface area contributed by atoms with Gasteiger partial charge in [0.25, 0.3) is 0 Å². The van der Waals surface area contributed by atoms with E-state index in [1.54, 1.807) is 20.4 Å². The van der Waals surface area contributed by atoms with Gasteiger partial charge in [-0.3, -0.25) is 0 Å². The number of ether oxygens (including phenoxy) is 2. The van der Waals surface area contributed by atoms with Gasteiger partial charge in [0, 0.05) is 39.0 Å². The van der Waals surface area contributed by atoms with Crippen molar-refractivity contribution in [2.75, 3.05) is 20.8 Å². The van der Waals surface area contributed by atoms with Crippen LogP contribution in [-0.2, 0) is 20.0 Å². The molecule has 5 nitrogen and oxygen atoms in total. The van der Waals surface area contributed by atoms with Crippen LogP contribution < -0.4 is 14.8 Å². The first-order valence-corrected chi connectivity index (χ1v) is 7.11. The summed E-state index contributed by atoms with van der Waals surface area (Å²) in [6, 6.07) is 3.80. The van der Waals surface area contributed by atoms with Crippen molar-refractivity contribution in [1.82, 2.24) is 14.9 Å². The van der Waals surface area contributed by atoms with Gasteiger partial charge in [0.15, 0.2) is 11.5 Å². The number of rotatable bonds is 7. The van der Waals surface area contributed by atoms with Gasteiger partial charge in [0.05, 0.1) is 19.2 Å². The number of hydrogen-bond donors (Lipinski definition) is 1. The van der Waals surface area contributed by atoms with Gasteiger partial charge in [0.1, 0.15) is 5.82 Å². The zero-order valence-corrected chi connectivity index (χ0v) is 13.3. The SMILES string of the molecule is COc1ccc(CNCCc2nccn2C)c(Cl)c1OC. The van der Waals surface area contributed by atoms with Crippen LogP contribution in [0.5, 0.6) is 11.5 Å². The van der Waals surface area contributed by atoms with Crippen molar-refractivity contribution in [2.24, 2.45) is 7.05 Å². The normalized spacial score (nSPS) is 10.7. The molecule has 2 rings (SSSR count). The van der Waals surface area contributed by atoms with Crippen molar-refractivity contribution in [3.8, 4) is 11.5 Å². The second-order valence-electron chi connectivity index (χ2n) is 4.66. The number of imidazole rings is 1. The Labute approximate surface area is 129 Å². The van der Waals surface area contributed by atoms with Crippen molar-refractivity contribution in [3.05, 3.63) is 40.9 Å². The molecule has 1 N–H and O–H groups in total. The average molecular weight is 310 g/mol. The number of halogens is 1. The van der Waals surface area contributed by atoms with E-state index in [1.807, 2.05) is 29.9 Å². The van der Waals surface area contributed by atoms with Crippen molar-refractivity contribution < 1.29 is 9.47 Å². The van der Waals surface area contributed by atoms with E-state index in [-0.39, 0.29) is 0 Å². The summed E-state index contributed by atoms with van der Waals surface area (Å²) in [6.07, 6.45) is 4.62.